The van der Waals surface area contributed by atoms with Crippen molar-refractivity contribution in [3.05, 3.63) is 17.3 Å². The Bertz CT molecular complexity index is 144. The highest BCUT2D eigenvalue weighted by Gasteiger charge is 1.89. The van der Waals surface area contributed by atoms with Crippen LogP contribution in [-0.4, -0.2) is 0 Å². The highest BCUT2D eigenvalue weighted by molar-refractivity contribution is 7.14. The van der Waals surface area contributed by atoms with Gasteiger partial charge in [-0.3, -0.25) is 0 Å². The molecule has 0 saturated carbocycles. The summed E-state index contributed by atoms with van der Waals surface area (Å²) >= 11 is 0.954. The van der Waals surface area contributed by atoms with Crippen LogP contribution in [-0.2, 0) is 0 Å². The largest absolute Gasteiger partial charge is 0.391 e. The van der Waals surface area contributed by atoms with E-state index in [0.717, 1.165) is 11.3 Å². The van der Waals surface area contributed by atoms with Gasteiger partial charge in [-0.15, -0.1) is 0 Å². The Kier molecular flexibility index (Phi) is 0.982. The Labute approximate surface area is 44.6 Å². The highest BCUT2D eigenvalue weighted by atomic mass is 32.1. The Morgan fingerprint density at radius 1 is 1.57 bits per heavy atom. The molecule has 1 rings (SSSR count). The highest BCUT2D eigenvalue weighted by Crippen LogP contribution is 2.14. The average molecular weight is 117 g/mol. The minimum atomic E-state index is -0.225. The van der Waals surface area contributed by atoms with Gasteiger partial charge < -0.3 is 5.73 Å². The van der Waals surface area contributed by atoms with E-state index in [9.17, 15) is 4.39 Å². The van der Waals surface area contributed by atoms with Gasteiger partial charge in [-0.2, -0.15) is 4.39 Å². The van der Waals surface area contributed by atoms with Crippen LogP contribution in [0.2, 0.25) is 0 Å². The molecule has 0 spiro atoms. The normalized spacial score (nSPS) is 9.29. The van der Waals surface area contributed by atoms with Gasteiger partial charge in [0.1, 0.15) is 0 Å². The lowest BCUT2D eigenvalue weighted by molar-refractivity contribution is 0.657. The van der Waals surface area contributed by atoms with Crippen molar-refractivity contribution in [3.8, 4) is 0 Å². The third kappa shape index (κ3) is 0.899. The van der Waals surface area contributed by atoms with Crippen LogP contribution in [0.15, 0.2) is 12.1 Å². The molecule has 0 aliphatic rings. The van der Waals surface area contributed by atoms with Crippen LogP contribution in [0, 0.1) is 5.13 Å². The summed E-state index contributed by atoms with van der Waals surface area (Å²) in [5.74, 6) is 0. The molecule has 3 heteroatoms. The topological polar surface area (TPSA) is 26.0 Å². The molecular formula is C4H4FNS. The molecule has 2 N–H and O–H groups in total. The molecule has 1 aromatic heterocycles. The molecule has 0 saturated heterocycles. The molecule has 0 amide bonds. The number of anilines is 1. The van der Waals surface area contributed by atoms with Crippen molar-refractivity contribution in [1.29, 1.82) is 0 Å². The molecule has 0 aliphatic carbocycles. The van der Waals surface area contributed by atoms with Gasteiger partial charge in [-0.1, -0.05) is 11.3 Å². The van der Waals surface area contributed by atoms with Crippen LogP contribution >= 0.6 is 11.3 Å². The van der Waals surface area contributed by atoms with E-state index in [0.29, 0.717) is 5.00 Å². The zero-order chi connectivity index (χ0) is 5.28. The molecule has 0 aliphatic heterocycles. The average Bonchev–Trinajstić information content (AvgIpc) is 1.87. The summed E-state index contributed by atoms with van der Waals surface area (Å²) in [6.07, 6.45) is 0. The SMILES string of the molecule is Nc1ccc(F)s1. The van der Waals surface area contributed by atoms with Crippen molar-refractivity contribution in [3.63, 3.8) is 0 Å². The minimum absolute atomic E-state index is 0.225. The molecule has 0 aromatic carbocycles. The maximum Gasteiger partial charge on any atom is 0.178 e. The first-order chi connectivity index (χ1) is 3.29. The number of thiophene rings is 1. The Hall–Kier alpha value is -0.570. The number of halogens is 1. The zero-order valence-corrected chi connectivity index (χ0v) is 4.33. The summed E-state index contributed by atoms with van der Waals surface area (Å²) in [5, 5.41) is 0.301. The maximum absolute atomic E-state index is 11.9. The van der Waals surface area contributed by atoms with Gasteiger partial charge in [0.15, 0.2) is 5.13 Å². The third-order valence-corrected chi connectivity index (χ3v) is 1.30. The lowest BCUT2D eigenvalue weighted by Gasteiger charge is -1.70. The van der Waals surface area contributed by atoms with Gasteiger partial charge in [0.25, 0.3) is 0 Å². The fourth-order valence-electron chi connectivity index (χ4n) is 0.328. The van der Waals surface area contributed by atoms with Gasteiger partial charge in [0.2, 0.25) is 0 Å². The number of nitrogen functional groups attached to an aromatic ring is 1. The van der Waals surface area contributed by atoms with E-state index < -0.39 is 0 Å². The molecule has 38 valence electrons. The number of hydrogen-bond acceptors (Lipinski definition) is 2. The quantitative estimate of drug-likeness (QED) is 0.547. The van der Waals surface area contributed by atoms with Crippen LogP contribution in [0.3, 0.4) is 0 Å². The van der Waals surface area contributed by atoms with Gasteiger partial charge >= 0.3 is 0 Å². The predicted octanol–water partition coefficient (Wildman–Crippen LogP) is 1.47. The first-order valence-corrected chi connectivity index (χ1v) is 2.61. The summed E-state index contributed by atoms with van der Waals surface area (Å²) < 4.78 is 11.9. The van der Waals surface area contributed by atoms with Crippen LogP contribution in [0.25, 0.3) is 0 Å². The van der Waals surface area contributed by atoms with Gasteiger partial charge in [0, 0.05) is 0 Å². The summed E-state index contributed by atoms with van der Waals surface area (Å²) in [6.45, 7) is 0. The number of rotatable bonds is 0. The first-order valence-electron chi connectivity index (χ1n) is 1.80. The third-order valence-electron chi connectivity index (χ3n) is 0.594. The van der Waals surface area contributed by atoms with Gasteiger partial charge in [-0.25, -0.2) is 0 Å². The van der Waals surface area contributed by atoms with Crippen molar-refractivity contribution in [2.45, 2.75) is 0 Å². The number of hydrogen-bond donors (Lipinski definition) is 1. The van der Waals surface area contributed by atoms with E-state index in [2.05, 4.69) is 0 Å². The van der Waals surface area contributed by atoms with Gasteiger partial charge in [-0.05, 0) is 12.1 Å². The summed E-state index contributed by atoms with van der Waals surface area (Å²) in [4.78, 5) is 0. The number of nitrogens with two attached hydrogens (primary N) is 1. The zero-order valence-electron chi connectivity index (χ0n) is 3.52. The molecule has 0 bridgehead atoms. The fraction of sp³-hybridized carbons (Fsp3) is 0. The van der Waals surface area contributed by atoms with Gasteiger partial charge in [0.05, 0.1) is 5.00 Å². The van der Waals surface area contributed by atoms with E-state index in [1.807, 2.05) is 0 Å². The Morgan fingerprint density at radius 2 is 2.29 bits per heavy atom. The van der Waals surface area contributed by atoms with Crippen LogP contribution in [0.4, 0.5) is 9.39 Å². The van der Waals surface area contributed by atoms with Crippen molar-refractivity contribution in [2.75, 3.05) is 5.73 Å². The summed E-state index contributed by atoms with van der Waals surface area (Å²) in [7, 11) is 0. The molecular weight excluding hydrogens is 113 g/mol. The molecule has 0 atom stereocenters. The van der Waals surface area contributed by atoms with E-state index in [1.54, 1.807) is 6.07 Å². The molecule has 1 aromatic rings. The van der Waals surface area contributed by atoms with E-state index in [-0.39, 0.29) is 5.13 Å². The standard InChI is InChI=1S/C4H4FNS/c5-3-1-2-4(6)7-3/h1-2H,6H2. The second-order valence-corrected chi connectivity index (χ2v) is 2.21. The van der Waals surface area contributed by atoms with E-state index in [4.69, 9.17) is 5.73 Å². The second kappa shape index (κ2) is 1.50. The van der Waals surface area contributed by atoms with Crippen molar-refractivity contribution in [2.24, 2.45) is 0 Å². The van der Waals surface area contributed by atoms with Crippen LogP contribution in [0.5, 0.6) is 0 Å². The van der Waals surface area contributed by atoms with Crippen molar-refractivity contribution in [1.82, 2.24) is 0 Å². The van der Waals surface area contributed by atoms with Crippen molar-refractivity contribution < 1.29 is 4.39 Å². The second-order valence-electron chi connectivity index (χ2n) is 1.14. The molecule has 0 radical (unpaired) electrons. The fourth-order valence-corrected chi connectivity index (χ4v) is 0.826. The Morgan fingerprint density at radius 3 is 2.43 bits per heavy atom. The molecule has 1 nitrogen and oxygen atoms in total. The smallest absolute Gasteiger partial charge is 0.178 e. The summed E-state index contributed by atoms with van der Waals surface area (Å²) in [6, 6.07) is 2.89. The first kappa shape index (κ1) is 4.59. The molecule has 0 unspecified atom stereocenters. The maximum atomic E-state index is 11.9. The molecule has 7 heavy (non-hydrogen) atoms. The van der Waals surface area contributed by atoms with Crippen LogP contribution < -0.4 is 5.73 Å². The predicted molar refractivity (Wildman–Crippen MR) is 28.7 cm³/mol. The minimum Gasteiger partial charge on any atom is -0.391 e. The van der Waals surface area contributed by atoms with E-state index >= 15 is 0 Å². The molecule has 0 fully saturated rings. The monoisotopic (exact) mass is 117 g/mol. The lowest BCUT2D eigenvalue weighted by Crippen LogP contribution is -1.72. The lowest BCUT2D eigenvalue weighted by atomic mass is 10.6. The van der Waals surface area contributed by atoms with E-state index in [1.165, 1.54) is 6.07 Å². The van der Waals surface area contributed by atoms with Crippen LogP contribution in [0.1, 0.15) is 0 Å². The summed E-state index contributed by atoms with van der Waals surface area (Å²) in [5.41, 5.74) is 5.16. The van der Waals surface area contributed by atoms with Crippen molar-refractivity contribution >= 4 is 16.3 Å². The Balaban J connectivity index is 3.04. The molecule has 1 heterocycles.